The summed E-state index contributed by atoms with van der Waals surface area (Å²) in [5, 5.41) is 7.12. The number of carbonyl (C=O) groups is 1. The first-order valence-electron chi connectivity index (χ1n) is 7.22. The van der Waals surface area contributed by atoms with Crippen molar-refractivity contribution in [3.63, 3.8) is 0 Å². The van der Waals surface area contributed by atoms with E-state index < -0.39 is 11.4 Å². The van der Waals surface area contributed by atoms with Gasteiger partial charge >= 0.3 is 0 Å². The van der Waals surface area contributed by atoms with Gasteiger partial charge in [-0.05, 0) is 26.0 Å². The highest BCUT2D eigenvalue weighted by molar-refractivity contribution is 5.84. The van der Waals surface area contributed by atoms with Gasteiger partial charge in [0.25, 0.3) is 0 Å². The third kappa shape index (κ3) is 2.45. The molecule has 5 nitrogen and oxygen atoms in total. The molecule has 0 fully saturated rings. The van der Waals surface area contributed by atoms with Gasteiger partial charge in [-0.25, -0.2) is 4.39 Å². The SMILES string of the molecule is CC(C)(C(=O)NC1CCOc2c(F)cccc21)n1cccn1. The normalized spacial score (nSPS) is 17.5. The maximum Gasteiger partial charge on any atom is 0.247 e. The van der Waals surface area contributed by atoms with Gasteiger partial charge in [-0.3, -0.25) is 9.48 Å². The lowest BCUT2D eigenvalue weighted by Gasteiger charge is -2.31. The lowest BCUT2D eigenvalue weighted by molar-refractivity contribution is -0.129. The van der Waals surface area contributed by atoms with Gasteiger partial charge in [-0.1, -0.05) is 12.1 Å². The van der Waals surface area contributed by atoms with E-state index in [4.69, 9.17) is 4.74 Å². The van der Waals surface area contributed by atoms with Crippen molar-refractivity contribution < 1.29 is 13.9 Å². The Morgan fingerprint density at radius 1 is 1.45 bits per heavy atom. The van der Waals surface area contributed by atoms with E-state index in [1.54, 1.807) is 49.1 Å². The first kappa shape index (κ1) is 14.6. The van der Waals surface area contributed by atoms with Crippen LogP contribution in [0.15, 0.2) is 36.7 Å². The van der Waals surface area contributed by atoms with Crippen LogP contribution in [-0.4, -0.2) is 22.3 Å². The van der Waals surface area contributed by atoms with Crippen molar-refractivity contribution in [2.75, 3.05) is 6.61 Å². The predicted octanol–water partition coefficient (Wildman–Crippen LogP) is 2.40. The summed E-state index contributed by atoms with van der Waals surface area (Å²) >= 11 is 0. The summed E-state index contributed by atoms with van der Waals surface area (Å²) in [6.45, 7) is 3.96. The molecule has 1 aromatic heterocycles. The Kier molecular flexibility index (Phi) is 3.60. The second kappa shape index (κ2) is 5.44. The maximum absolute atomic E-state index is 13.8. The first-order chi connectivity index (χ1) is 10.5. The third-order valence-corrected chi connectivity index (χ3v) is 3.96. The molecule has 1 amide bonds. The number of rotatable bonds is 3. The minimum atomic E-state index is -0.824. The average Bonchev–Trinajstić information content (AvgIpc) is 3.03. The molecule has 0 radical (unpaired) electrons. The molecule has 116 valence electrons. The molecule has 0 aliphatic carbocycles. The lowest BCUT2D eigenvalue weighted by Crippen LogP contribution is -2.46. The molecule has 1 aliphatic heterocycles. The average molecular weight is 303 g/mol. The van der Waals surface area contributed by atoms with Gasteiger partial charge in [0.2, 0.25) is 5.91 Å². The summed E-state index contributed by atoms with van der Waals surface area (Å²) in [5.41, 5.74) is -0.147. The molecule has 2 aromatic rings. The largest absolute Gasteiger partial charge is 0.490 e. The van der Waals surface area contributed by atoms with E-state index in [-0.39, 0.29) is 17.7 Å². The summed E-state index contributed by atoms with van der Waals surface area (Å²) in [7, 11) is 0. The molecule has 1 unspecified atom stereocenters. The van der Waals surface area contributed by atoms with Gasteiger partial charge in [0.15, 0.2) is 11.6 Å². The third-order valence-electron chi connectivity index (χ3n) is 3.96. The summed E-state index contributed by atoms with van der Waals surface area (Å²) in [4.78, 5) is 12.6. The fourth-order valence-electron chi connectivity index (χ4n) is 2.57. The van der Waals surface area contributed by atoms with Crippen molar-refractivity contribution >= 4 is 5.91 Å². The summed E-state index contributed by atoms with van der Waals surface area (Å²) in [5.74, 6) is -0.336. The number of aromatic nitrogens is 2. The number of para-hydroxylation sites is 1. The highest BCUT2D eigenvalue weighted by Gasteiger charge is 2.34. The maximum atomic E-state index is 13.8. The topological polar surface area (TPSA) is 56.1 Å². The van der Waals surface area contributed by atoms with Crippen molar-refractivity contribution in [1.29, 1.82) is 0 Å². The van der Waals surface area contributed by atoms with Gasteiger partial charge in [0.05, 0.1) is 12.6 Å². The van der Waals surface area contributed by atoms with E-state index in [0.29, 0.717) is 18.6 Å². The zero-order valence-electron chi connectivity index (χ0n) is 12.5. The molecule has 1 aromatic carbocycles. The van der Waals surface area contributed by atoms with Crippen molar-refractivity contribution in [2.24, 2.45) is 0 Å². The predicted molar refractivity (Wildman–Crippen MR) is 78.9 cm³/mol. The van der Waals surface area contributed by atoms with Crippen LogP contribution in [0.3, 0.4) is 0 Å². The van der Waals surface area contributed by atoms with E-state index in [0.717, 1.165) is 0 Å². The number of nitrogens with zero attached hydrogens (tertiary/aromatic N) is 2. The van der Waals surface area contributed by atoms with Crippen molar-refractivity contribution in [3.8, 4) is 5.75 Å². The molecule has 3 rings (SSSR count). The number of benzene rings is 1. The fraction of sp³-hybridized carbons (Fsp3) is 0.375. The van der Waals surface area contributed by atoms with Gasteiger partial charge in [0, 0.05) is 24.4 Å². The summed E-state index contributed by atoms with van der Waals surface area (Å²) < 4.78 is 20.8. The van der Waals surface area contributed by atoms with Gasteiger partial charge < -0.3 is 10.1 Å². The molecule has 6 heteroatoms. The minimum Gasteiger partial charge on any atom is -0.490 e. The van der Waals surface area contributed by atoms with E-state index in [9.17, 15) is 9.18 Å². The number of hydrogen-bond donors (Lipinski definition) is 1. The van der Waals surface area contributed by atoms with Gasteiger partial charge in [-0.15, -0.1) is 0 Å². The quantitative estimate of drug-likeness (QED) is 0.947. The minimum absolute atomic E-state index is 0.168. The van der Waals surface area contributed by atoms with Crippen LogP contribution in [0, 0.1) is 5.82 Å². The van der Waals surface area contributed by atoms with Gasteiger partial charge in [0.1, 0.15) is 5.54 Å². The molecule has 22 heavy (non-hydrogen) atoms. The van der Waals surface area contributed by atoms with Crippen molar-refractivity contribution in [1.82, 2.24) is 15.1 Å². The molecule has 0 saturated carbocycles. The molecular weight excluding hydrogens is 285 g/mol. The van der Waals surface area contributed by atoms with E-state index in [1.807, 2.05) is 0 Å². The number of fused-ring (bicyclic) bond motifs is 1. The molecule has 0 bridgehead atoms. The second-order valence-electron chi connectivity index (χ2n) is 5.83. The van der Waals surface area contributed by atoms with Crippen LogP contribution < -0.4 is 10.1 Å². The number of amides is 1. The first-order valence-corrected chi connectivity index (χ1v) is 7.22. The highest BCUT2D eigenvalue weighted by Crippen LogP contribution is 2.34. The molecule has 0 spiro atoms. The standard InChI is InChI=1S/C16H18FN3O2/c1-16(2,20-9-4-8-18-20)15(21)19-13-7-10-22-14-11(13)5-3-6-12(14)17/h3-6,8-9,13H,7,10H2,1-2H3,(H,19,21). The van der Waals surface area contributed by atoms with Gasteiger partial charge in [-0.2, -0.15) is 5.10 Å². The van der Waals surface area contributed by atoms with Crippen molar-refractivity contribution in [2.45, 2.75) is 31.8 Å². The Hall–Kier alpha value is -2.37. The molecule has 1 atom stereocenters. The van der Waals surface area contributed by atoms with Crippen LogP contribution in [-0.2, 0) is 10.3 Å². The Bertz CT molecular complexity index is 683. The second-order valence-corrected chi connectivity index (χ2v) is 5.83. The Labute approximate surface area is 128 Å². The smallest absolute Gasteiger partial charge is 0.247 e. The van der Waals surface area contributed by atoms with Crippen LogP contribution in [0.25, 0.3) is 0 Å². The van der Waals surface area contributed by atoms with Crippen LogP contribution in [0.4, 0.5) is 4.39 Å². The highest BCUT2D eigenvalue weighted by atomic mass is 19.1. The van der Waals surface area contributed by atoms with Crippen LogP contribution >= 0.6 is 0 Å². The van der Waals surface area contributed by atoms with E-state index in [1.165, 1.54) is 6.07 Å². The lowest BCUT2D eigenvalue weighted by atomic mass is 9.98. The fourth-order valence-corrected chi connectivity index (χ4v) is 2.57. The monoisotopic (exact) mass is 303 g/mol. The van der Waals surface area contributed by atoms with Crippen molar-refractivity contribution in [3.05, 3.63) is 48.0 Å². The molecule has 1 N–H and O–H groups in total. The van der Waals surface area contributed by atoms with Crippen LogP contribution in [0.5, 0.6) is 5.75 Å². The number of ether oxygens (including phenoxy) is 1. The Balaban J connectivity index is 1.83. The van der Waals surface area contributed by atoms with Crippen LogP contribution in [0.2, 0.25) is 0 Å². The number of halogens is 1. The Morgan fingerprint density at radius 2 is 2.27 bits per heavy atom. The molecule has 1 aliphatic rings. The Morgan fingerprint density at radius 3 is 3.00 bits per heavy atom. The zero-order chi connectivity index (χ0) is 15.7. The summed E-state index contributed by atoms with van der Waals surface area (Å²) in [6, 6.07) is 6.27. The molecule has 0 saturated heterocycles. The number of hydrogen-bond acceptors (Lipinski definition) is 3. The summed E-state index contributed by atoms with van der Waals surface area (Å²) in [6.07, 6.45) is 3.99. The van der Waals surface area contributed by atoms with Crippen LogP contribution in [0.1, 0.15) is 31.9 Å². The number of carbonyl (C=O) groups excluding carboxylic acids is 1. The molecular formula is C16H18FN3O2. The van der Waals surface area contributed by atoms with E-state index in [2.05, 4.69) is 10.4 Å². The van der Waals surface area contributed by atoms with E-state index >= 15 is 0 Å². The number of nitrogens with one attached hydrogen (secondary N) is 1. The molecule has 2 heterocycles. The zero-order valence-corrected chi connectivity index (χ0v) is 12.5.